The molecule has 2 aliphatic heterocycles. The van der Waals surface area contributed by atoms with Crippen molar-refractivity contribution in [3.63, 3.8) is 0 Å². The summed E-state index contributed by atoms with van der Waals surface area (Å²) in [7, 11) is 1.66. The molecular weight excluding hydrogens is 355 g/mol. The molecule has 0 aromatic heterocycles. The fourth-order valence-corrected chi connectivity index (χ4v) is 4.88. The first kappa shape index (κ1) is 18.9. The van der Waals surface area contributed by atoms with Gasteiger partial charge in [-0.2, -0.15) is 0 Å². The molecule has 2 heterocycles. The molecule has 2 fully saturated rings. The fourth-order valence-electron chi connectivity index (χ4n) is 4.88. The van der Waals surface area contributed by atoms with E-state index >= 15 is 0 Å². The maximum atomic E-state index is 13.6. The van der Waals surface area contributed by atoms with E-state index in [0.29, 0.717) is 17.4 Å². The van der Waals surface area contributed by atoms with E-state index in [1.54, 1.807) is 20.1 Å². The lowest BCUT2D eigenvalue weighted by Crippen LogP contribution is -2.34. The second kappa shape index (κ2) is 7.55. The van der Waals surface area contributed by atoms with E-state index in [1.807, 2.05) is 36.1 Å². The normalized spacial score (nSPS) is 24.4. The summed E-state index contributed by atoms with van der Waals surface area (Å²) < 4.78 is 18.8. The van der Waals surface area contributed by atoms with Gasteiger partial charge in [0.2, 0.25) is 5.91 Å². The Morgan fingerprint density at radius 1 is 1.14 bits per heavy atom. The second-order valence-corrected chi connectivity index (χ2v) is 8.09. The quantitative estimate of drug-likeness (QED) is 0.807. The minimum atomic E-state index is -0.154. The summed E-state index contributed by atoms with van der Waals surface area (Å²) in [5, 5.41) is 0. The van der Waals surface area contributed by atoms with Gasteiger partial charge in [0.25, 0.3) is 0 Å². The Labute approximate surface area is 165 Å². The van der Waals surface area contributed by atoms with E-state index in [-0.39, 0.29) is 17.8 Å². The van der Waals surface area contributed by atoms with Crippen molar-refractivity contribution in [3.05, 3.63) is 65.0 Å². The second-order valence-electron chi connectivity index (χ2n) is 8.09. The molecule has 28 heavy (non-hydrogen) atoms. The summed E-state index contributed by atoms with van der Waals surface area (Å²) >= 11 is 0. The van der Waals surface area contributed by atoms with Crippen LogP contribution in [0.15, 0.2) is 42.5 Å². The molecule has 3 atom stereocenters. The number of hydrogen-bond acceptors (Lipinski definition) is 3. The molecule has 4 nitrogen and oxygen atoms in total. The molecule has 4 rings (SSSR count). The molecule has 0 aliphatic carbocycles. The van der Waals surface area contributed by atoms with Crippen LogP contribution >= 0.6 is 0 Å². The summed E-state index contributed by atoms with van der Waals surface area (Å²) in [6.07, 6.45) is 0. The highest BCUT2D eigenvalue weighted by atomic mass is 19.1. The Balaban J connectivity index is 1.53. The van der Waals surface area contributed by atoms with Gasteiger partial charge in [0.1, 0.15) is 11.6 Å². The number of hydrogen-bond donors (Lipinski definition) is 0. The van der Waals surface area contributed by atoms with E-state index in [0.717, 1.165) is 37.5 Å². The zero-order chi connectivity index (χ0) is 19.8. The van der Waals surface area contributed by atoms with Gasteiger partial charge in [0, 0.05) is 39.0 Å². The molecule has 148 valence electrons. The fraction of sp³-hybridized carbons (Fsp3) is 0.435. The van der Waals surface area contributed by atoms with E-state index in [4.69, 9.17) is 4.74 Å². The van der Waals surface area contributed by atoms with E-state index in [1.165, 1.54) is 5.56 Å². The number of methoxy groups -OCH3 is 1. The Bertz CT molecular complexity index is 867. The third kappa shape index (κ3) is 3.51. The molecule has 0 radical (unpaired) electrons. The van der Waals surface area contributed by atoms with E-state index in [2.05, 4.69) is 17.0 Å². The molecule has 1 amide bonds. The van der Waals surface area contributed by atoms with Crippen LogP contribution < -0.4 is 4.74 Å². The van der Waals surface area contributed by atoms with Crippen LogP contribution in [-0.4, -0.2) is 42.5 Å². The van der Waals surface area contributed by atoms with Crippen molar-refractivity contribution in [2.75, 3.05) is 26.7 Å². The number of carbonyl (C=O) groups is 1. The molecule has 0 bridgehead atoms. The Kier molecular flexibility index (Phi) is 5.11. The average Bonchev–Trinajstić information content (AvgIpc) is 3.22. The van der Waals surface area contributed by atoms with Crippen molar-refractivity contribution in [2.24, 2.45) is 11.8 Å². The van der Waals surface area contributed by atoms with Crippen LogP contribution in [-0.2, 0) is 11.3 Å². The number of fused-ring (bicyclic) bond motifs is 1. The highest BCUT2D eigenvalue weighted by Crippen LogP contribution is 2.45. The van der Waals surface area contributed by atoms with Crippen LogP contribution in [0.5, 0.6) is 5.75 Å². The van der Waals surface area contributed by atoms with Crippen LogP contribution in [0.3, 0.4) is 0 Å². The Hall–Kier alpha value is -2.40. The first-order valence-corrected chi connectivity index (χ1v) is 9.85. The summed E-state index contributed by atoms with van der Waals surface area (Å²) in [6.45, 7) is 7.01. The van der Waals surface area contributed by atoms with Crippen molar-refractivity contribution in [3.8, 4) is 5.75 Å². The summed E-state index contributed by atoms with van der Waals surface area (Å²) in [6, 6.07) is 13.6. The summed E-state index contributed by atoms with van der Waals surface area (Å²) in [5.41, 5.74) is 3.00. The summed E-state index contributed by atoms with van der Waals surface area (Å²) in [5.74, 6) is 1.69. The minimum absolute atomic E-state index is 0.105. The van der Waals surface area contributed by atoms with Gasteiger partial charge in [0.05, 0.1) is 13.2 Å². The summed E-state index contributed by atoms with van der Waals surface area (Å²) in [4.78, 5) is 16.7. The number of nitrogens with zero attached hydrogens (tertiary/aromatic N) is 2. The minimum Gasteiger partial charge on any atom is -0.497 e. The molecule has 2 aromatic rings. The standard InChI is InChI=1S/C23H27FN2O2/c1-15-10-17(4-9-22(15)24)11-25-12-19-13-26(16(2)27)23(21(19)14-25)18-5-7-20(28-3)8-6-18/h4-10,19,21,23H,11-14H2,1-3H3/t19-,21-,23+/m1/s1. The number of ether oxygens (including phenoxy) is 1. The smallest absolute Gasteiger partial charge is 0.219 e. The number of rotatable bonds is 4. The number of amides is 1. The van der Waals surface area contributed by atoms with Crippen LogP contribution in [0.1, 0.15) is 29.7 Å². The number of aryl methyl sites for hydroxylation is 1. The van der Waals surface area contributed by atoms with Gasteiger partial charge in [0.15, 0.2) is 0 Å². The average molecular weight is 382 g/mol. The van der Waals surface area contributed by atoms with Gasteiger partial charge in [-0.25, -0.2) is 4.39 Å². The van der Waals surface area contributed by atoms with Gasteiger partial charge in [-0.1, -0.05) is 24.3 Å². The monoisotopic (exact) mass is 382 g/mol. The maximum Gasteiger partial charge on any atom is 0.219 e. The lowest BCUT2D eigenvalue weighted by atomic mass is 9.89. The lowest BCUT2D eigenvalue weighted by molar-refractivity contribution is -0.130. The zero-order valence-electron chi connectivity index (χ0n) is 16.7. The van der Waals surface area contributed by atoms with Gasteiger partial charge in [-0.3, -0.25) is 9.69 Å². The predicted molar refractivity (Wildman–Crippen MR) is 107 cm³/mol. The molecule has 5 heteroatoms. The highest BCUT2D eigenvalue weighted by Gasteiger charge is 2.48. The first-order valence-electron chi connectivity index (χ1n) is 9.85. The van der Waals surface area contributed by atoms with Crippen LogP contribution in [0.2, 0.25) is 0 Å². The van der Waals surface area contributed by atoms with Crippen molar-refractivity contribution < 1.29 is 13.9 Å². The molecule has 2 aliphatic rings. The van der Waals surface area contributed by atoms with E-state index in [9.17, 15) is 9.18 Å². The molecule has 0 N–H and O–H groups in total. The number of carbonyl (C=O) groups excluding carboxylic acids is 1. The van der Waals surface area contributed by atoms with Crippen molar-refractivity contribution in [1.82, 2.24) is 9.80 Å². The predicted octanol–water partition coefficient (Wildman–Crippen LogP) is 3.79. The van der Waals surface area contributed by atoms with Crippen molar-refractivity contribution in [1.29, 1.82) is 0 Å². The molecule has 2 saturated heterocycles. The third-order valence-corrected chi connectivity index (χ3v) is 6.23. The number of halogens is 1. The zero-order valence-corrected chi connectivity index (χ0v) is 16.7. The Morgan fingerprint density at radius 2 is 1.89 bits per heavy atom. The van der Waals surface area contributed by atoms with Crippen molar-refractivity contribution in [2.45, 2.75) is 26.4 Å². The van der Waals surface area contributed by atoms with Crippen molar-refractivity contribution >= 4 is 5.91 Å². The van der Waals surface area contributed by atoms with Gasteiger partial charge < -0.3 is 9.64 Å². The van der Waals surface area contributed by atoms with Crippen LogP contribution in [0, 0.1) is 24.6 Å². The van der Waals surface area contributed by atoms with Gasteiger partial charge in [-0.15, -0.1) is 0 Å². The molecule has 0 spiro atoms. The van der Waals surface area contributed by atoms with Crippen LogP contribution in [0.4, 0.5) is 4.39 Å². The lowest BCUT2D eigenvalue weighted by Gasteiger charge is -2.29. The van der Waals surface area contributed by atoms with Gasteiger partial charge >= 0.3 is 0 Å². The molecule has 2 aromatic carbocycles. The van der Waals surface area contributed by atoms with Crippen LogP contribution in [0.25, 0.3) is 0 Å². The third-order valence-electron chi connectivity index (χ3n) is 6.23. The topological polar surface area (TPSA) is 32.8 Å². The molecular formula is C23H27FN2O2. The molecule has 0 unspecified atom stereocenters. The maximum absolute atomic E-state index is 13.6. The van der Waals surface area contributed by atoms with E-state index < -0.39 is 0 Å². The largest absolute Gasteiger partial charge is 0.497 e. The SMILES string of the molecule is COc1ccc([C@H]2[C@@H]3CN(Cc4ccc(F)c(C)c4)C[C@@H]3CN2C(C)=O)cc1. The highest BCUT2D eigenvalue weighted by molar-refractivity contribution is 5.74. The first-order chi connectivity index (χ1) is 13.5. The Morgan fingerprint density at radius 3 is 2.54 bits per heavy atom. The number of benzene rings is 2. The number of likely N-dealkylation sites (tertiary alicyclic amines) is 2. The van der Waals surface area contributed by atoms with Gasteiger partial charge in [-0.05, 0) is 47.7 Å². The molecule has 0 saturated carbocycles.